The van der Waals surface area contributed by atoms with Crippen LogP contribution in [0.3, 0.4) is 0 Å². The van der Waals surface area contributed by atoms with Crippen molar-refractivity contribution in [3.8, 4) is 0 Å². The zero-order chi connectivity index (χ0) is 9.90. The van der Waals surface area contributed by atoms with Gasteiger partial charge in [0.25, 0.3) is 0 Å². The summed E-state index contributed by atoms with van der Waals surface area (Å²) in [5.74, 6) is 0. The van der Waals surface area contributed by atoms with Crippen molar-refractivity contribution in [2.75, 3.05) is 20.1 Å². The Morgan fingerprint density at radius 3 is 2.46 bits per heavy atom. The molecule has 1 saturated carbocycles. The highest BCUT2D eigenvalue weighted by Crippen LogP contribution is 2.30. The van der Waals surface area contributed by atoms with Crippen LogP contribution in [-0.2, 0) is 0 Å². The molecule has 0 aliphatic heterocycles. The standard InChI is InChI=1S/C11H24N2/c1-4-7-11(2,8-12)9-13(3)10-5-6-10/h10H,4-9,12H2,1-3H3. The molecular formula is C11H24N2. The van der Waals surface area contributed by atoms with Crippen LogP contribution in [0.1, 0.15) is 39.5 Å². The van der Waals surface area contributed by atoms with E-state index in [1.54, 1.807) is 0 Å². The molecule has 0 aromatic heterocycles. The maximum Gasteiger partial charge on any atom is 0.00936 e. The van der Waals surface area contributed by atoms with Crippen LogP contribution in [0.15, 0.2) is 0 Å². The topological polar surface area (TPSA) is 29.3 Å². The zero-order valence-electron chi connectivity index (χ0n) is 9.34. The largest absolute Gasteiger partial charge is 0.330 e. The van der Waals surface area contributed by atoms with E-state index >= 15 is 0 Å². The molecule has 1 rings (SSSR count). The first-order valence-electron chi connectivity index (χ1n) is 5.51. The number of hydrogen-bond acceptors (Lipinski definition) is 2. The summed E-state index contributed by atoms with van der Waals surface area (Å²) in [5, 5.41) is 0. The highest BCUT2D eigenvalue weighted by molar-refractivity contribution is 4.87. The molecule has 0 heterocycles. The molecule has 1 aliphatic carbocycles. The Kier molecular flexibility index (Phi) is 3.74. The molecule has 1 fully saturated rings. The van der Waals surface area contributed by atoms with Gasteiger partial charge in [-0.15, -0.1) is 0 Å². The van der Waals surface area contributed by atoms with Crippen LogP contribution in [0.25, 0.3) is 0 Å². The molecule has 1 unspecified atom stereocenters. The van der Waals surface area contributed by atoms with E-state index in [0.717, 1.165) is 12.6 Å². The Hall–Kier alpha value is -0.0800. The normalized spacial score (nSPS) is 21.9. The van der Waals surface area contributed by atoms with Gasteiger partial charge >= 0.3 is 0 Å². The van der Waals surface area contributed by atoms with Gasteiger partial charge in [0.2, 0.25) is 0 Å². The third kappa shape index (κ3) is 3.28. The molecule has 0 bridgehead atoms. The second kappa shape index (κ2) is 4.43. The average Bonchev–Trinajstić information content (AvgIpc) is 2.87. The van der Waals surface area contributed by atoms with Crippen molar-refractivity contribution < 1.29 is 0 Å². The molecule has 78 valence electrons. The van der Waals surface area contributed by atoms with Gasteiger partial charge in [-0.2, -0.15) is 0 Å². The van der Waals surface area contributed by atoms with Crippen LogP contribution in [0.2, 0.25) is 0 Å². The van der Waals surface area contributed by atoms with Crippen molar-refractivity contribution in [3.63, 3.8) is 0 Å². The molecule has 2 N–H and O–H groups in total. The Bertz CT molecular complexity index is 154. The summed E-state index contributed by atoms with van der Waals surface area (Å²) in [5.41, 5.74) is 6.17. The van der Waals surface area contributed by atoms with E-state index in [0.29, 0.717) is 5.41 Å². The molecule has 2 heteroatoms. The highest BCUT2D eigenvalue weighted by Gasteiger charge is 2.31. The lowest BCUT2D eigenvalue weighted by molar-refractivity contribution is 0.179. The van der Waals surface area contributed by atoms with Gasteiger partial charge in [-0.1, -0.05) is 20.3 Å². The van der Waals surface area contributed by atoms with E-state index in [-0.39, 0.29) is 0 Å². The van der Waals surface area contributed by atoms with Crippen LogP contribution in [-0.4, -0.2) is 31.1 Å². The molecule has 0 radical (unpaired) electrons. The van der Waals surface area contributed by atoms with Crippen molar-refractivity contribution in [2.45, 2.75) is 45.6 Å². The van der Waals surface area contributed by atoms with Crippen LogP contribution < -0.4 is 5.73 Å². The van der Waals surface area contributed by atoms with Crippen molar-refractivity contribution in [2.24, 2.45) is 11.1 Å². The Labute approximate surface area is 82.5 Å². The number of hydrogen-bond donors (Lipinski definition) is 1. The Morgan fingerprint density at radius 2 is 2.08 bits per heavy atom. The maximum absolute atomic E-state index is 5.84. The van der Waals surface area contributed by atoms with Crippen LogP contribution >= 0.6 is 0 Å². The Balaban J connectivity index is 2.36. The molecule has 1 atom stereocenters. The summed E-state index contributed by atoms with van der Waals surface area (Å²) in [4.78, 5) is 2.49. The number of rotatable bonds is 6. The minimum atomic E-state index is 0.339. The van der Waals surface area contributed by atoms with Gasteiger partial charge in [0.1, 0.15) is 0 Å². The Morgan fingerprint density at radius 1 is 1.46 bits per heavy atom. The molecule has 2 nitrogen and oxygen atoms in total. The summed E-state index contributed by atoms with van der Waals surface area (Å²) in [6, 6.07) is 0.864. The average molecular weight is 184 g/mol. The highest BCUT2D eigenvalue weighted by atomic mass is 15.2. The molecule has 0 aromatic rings. The summed E-state index contributed by atoms with van der Waals surface area (Å²) < 4.78 is 0. The molecule has 0 spiro atoms. The minimum absolute atomic E-state index is 0.339. The van der Waals surface area contributed by atoms with Gasteiger partial charge < -0.3 is 10.6 Å². The van der Waals surface area contributed by atoms with E-state index in [2.05, 4.69) is 25.8 Å². The summed E-state index contributed by atoms with van der Waals surface area (Å²) in [6.45, 7) is 6.54. The van der Waals surface area contributed by atoms with Gasteiger partial charge in [0.15, 0.2) is 0 Å². The van der Waals surface area contributed by atoms with Gasteiger partial charge in [-0.25, -0.2) is 0 Å². The summed E-state index contributed by atoms with van der Waals surface area (Å²) >= 11 is 0. The number of nitrogens with two attached hydrogens (primary N) is 1. The second-order valence-corrected chi connectivity index (χ2v) is 4.91. The first kappa shape index (κ1) is 11.0. The molecular weight excluding hydrogens is 160 g/mol. The van der Waals surface area contributed by atoms with Gasteiger partial charge in [0, 0.05) is 12.6 Å². The van der Waals surface area contributed by atoms with Crippen LogP contribution in [0.5, 0.6) is 0 Å². The van der Waals surface area contributed by atoms with Gasteiger partial charge in [-0.05, 0) is 38.3 Å². The van der Waals surface area contributed by atoms with Crippen molar-refractivity contribution in [1.29, 1.82) is 0 Å². The zero-order valence-corrected chi connectivity index (χ0v) is 9.34. The molecule has 13 heavy (non-hydrogen) atoms. The fraction of sp³-hybridized carbons (Fsp3) is 1.00. The van der Waals surface area contributed by atoms with Gasteiger partial charge in [0.05, 0.1) is 0 Å². The van der Waals surface area contributed by atoms with Crippen molar-refractivity contribution in [1.82, 2.24) is 4.90 Å². The maximum atomic E-state index is 5.84. The van der Waals surface area contributed by atoms with Gasteiger partial charge in [-0.3, -0.25) is 0 Å². The first-order valence-corrected chi connectivity index (χ1v) is 5.51. The van der Waals surface area contributed by atoms with E-state index in [1.807, 2.05) is 0 Å². The minimum Gasteiger partial charge on any atom is -0.330 e. The van der Waals surface area contributed by atoms with E-state index in [1.165, 1.54) is 32.2 Å². The second-order valence-electron chi connectivity index (χ2n) is 4.91. The van der Waals surface area contributed by atoms with Crippen LogP contribution in [0.4, 0.5) is 0 Å². The smallest absolute Gasteiger partial charge is 0.00936 e. The number of nitrogens with zero attached hydrogens (tertiary/aromatic N) is 1. The molecule has 1 aliphatic rings. The molecule has 0 aromatic carbocycles. The lowest BCUT2D eigenvalue weighted by Crippen LogP contribution is -2.39. The lowest BCUT2D eigenvalue weighted by Gasteiger charge is -2.32. The van der Waals surface area contributed by atoms with Crippen molar-refractivity contribution in [3.05, 3.63) is 0 Å². The van der Waals surface area contributed by atoms with Crippen LogP contribution in [0, 0.1) is 5.41 Å². The summed E-state index contributed by atoms with van der Waals surface area (Å²) in [7, 11) is 2.24. The monoisotopic (exact) mass is 184 g/mol. The van der Waals surface area contributed by atoms with E-state index in [9.17, 15) is 0 Å². The van der Waals surface area contributed by atoms with Crippen molar-refractivity contribution >= 4 is 0 Å². The van der Waals surface area contributed by atoms with E-state index in [4.69, 9.17) is 5.73 Å². The third-order valence-corrected chi connectivity index (χ3v) is 3.15. The molecule has 0 saturated heterocycles. The third-order valence-electron chi connectivity index (χ3n) is 3.15. The first-order chi connectivity index (χ1) is 6.11. The fourth-order valence-electron chi connectivity index (χ4n) is 2.10. The predicted molar refractivity (Wildman–Crippen MR) is 57.7 cm³/mol. The molecule has 0 amide bonds. The fourth-order valence-corrected chi connectivity index (χ4v) is 2.10. The summed E-state index contributed by atoms with van der Waals surface area (Å²) in [6.07, 6.45) is 5.28. The predicted octanol–water partition coefficient (Wildman–Crippen LogP) is 1.85. The van der Waals surface area contributed by atoms with E-state index < -0.39 is 0 Å². The SMILES string of the molecule is CCCC(C)(CN)CN(C)C1CC1. The quantitative estimate of drug-likeness (QED) is 0.682. The lowest BCUT2D eigenvalue weighted by atomic mass is 9.85.